The van der Waals surface area contributed by atoms with E-state index in [1.54, 1.807) is 4.90 Å². The molecule has 0 radical (unpaired) electrons. The van der Waals surface area contributed by atoms with Gasteiger partial charge in [-0.2, -0.15) is 0 Å². The van der Waals surface area contributed by atoms with Crippen LogP contribution in [0.25, 0.3) is 11.5 Å². The van der Waals surface area contributed by atoms with Crippen molar-refractivity contribution in [2.75, 3.05) is 29.9 Å². The van der Waals surface area contributed by atoms with E-state index >= 15 is 0 Å². The maximum absolute atomic E-state index is 12.6. The standard InChI is InChI=1S/C22H23N5O2/c28-22(27-14-11-16-5-1-2-6-18(16)15-27)23-21-25-24-20(29-21)17-7-9-19(10-8-17)26-12-3-4-13-26/h1-2,5-10H,3-4,11-15H2,(H,23,25,28). The molecule has 1 N–H and O–H groups in total. The van der Waals surface area contributed by atoms with Crippen LogP contribution in [0.1, 0.15) is 24.0 Å². The summed E-state index contributed by atoms with van der Waals surface area (Å²) < 4.78 is 5.67. The van der Waals surface area contributed by atoms with Crippen LogP contribution in [0.3, 0.4) is 0 Å². The number of urea groups is 1. The van der Waals surface area contributed by atoms with Gasteiger partial charge in [0, 0.05) is 37.4 Å². The molecular weight excluding hydrogens is 366 g/mol. The number of rotatable bonds is 3. The van der Waals surface area contributed by atoms with Gasteiger partial charge in [0.1, 0.15) is 0 Å². The molecule has 0 atom stereocenters. The highest BCUT2D eigenvalue weighted by atomic mass is 16.4. The average molecular weight is 389 g/mol. The lowest BCUT2D eigenvalue weighted by Gasteiger charge is -2.28. The number of carbonyl (C=O) groups is 1. The zero-order chi connectivity index (χ0) is 19.6. The van der Waals surface area contributed by atoms with E-state index in [0.717, 1.165) is 25.1 Å². The molecule has 29 heavy (non-hydrogen) atoms. The van der Waals surface area contributed by atoms with Gasteiger partial charge in [0.05, 0.1) is 0 Å². The van der Waals surface area contributed by atoms with E-state index in [4.69, 9.17) is 4.42 Å². The number of nitrogens with zero attached hydrogens (tertiary/aromatic N) is 4. The number of benzene rings is 2. The quantitative estimate of drug-likeness (QED) is 0.735. The van der Waals surface area contributed by atoms with Gasteiger partial charge in [-0.15, -0.1) is 5.10 Å². The van der Waals surface area contributed by atoms with E-state index < -0.39 is 0 Å². The molecule has 0 aliphatic carbocycles. The molecule has 1 saturated heterocycles. The predicted molar refractivity (Wildman–Crippen MR) is 111 cm³/mol. The third kappa shape index (κ3) is 3.68. The lowest BCUT2D eigenvalue weighted by molar-refractivity contribution is 0.205. The minimum atomic E-state index is -0.223. The summed E-state index contributed by atoms with van der Waals surface area (Å²) >= 11 is 0. The monoisotopic (exact) mass is 389 g/mol. The fourth-order valence-corrected chi connectivity index (χ4v) is 4.02. The van der Waals surface area contributed by atoms with Crippen LogP contribution >= 0.6 is 0 Å². The molecule has 0 unspecified atom stereocenters. The molecule has 3 aromatic rings. The maximum Gasteiger partial charge on any atom is 0.325 e. The van der Waals surface area contributed by atoms with Crippen molar-refractivity contribution in [2.45, 2.75) is 25.8 Å². The minimum absolute atomic E-state index is 0.118. The summed E-state index contributed by atoms with van der Waals surface area (Å²) in [5.41, 5.74) is 4.53. The molecule has 1 aromatic heterocycles. The zero-order valence-electron chi connectivity index (χ0n) is 16.2. The number of anilines is 2. The molecule has 2 aromatic carbocycles. The van der Waals surface area contributed by atoms with Crippen LogP contribution in [0.4, 0.5) is 16.5 Å². The molecule has 1 fully saturated rings. The Labute approximate surface area is 169 Å². The largest absolute Gasteiger partial charge is 0.403 e. The summed E-state index contributed by atoms with van der Waals surface area (Å²) in [6.45, 7) is 3.47. The zero-order valence-corrected chi connectivity index (χ0v) is 16.2. The molecule has 148 valence electrons. The molecule has 7 nitrogen and oxygen atoms in total. The molecule has 0 saturated carbocycles. The normalized spacial score (nSPS) is 16.0. The highest BCUT2D eigenvalue weighted by molar-refractivity contribution is 5.87. The first-order chi connectivity index (χ1) is 14.3. The van der Waals surface area contributed by atoms with Crippen LogP contribution in [0, 0.1) is 0 Å². The SMILES string of the molecule is O=C(Nc1nnc(-c2ccc(N3CCCC3)cc2)o1)N1CCc2ccccc2C1. The van der Waals surface area contributed by atoms with E-state index in [-0.39, 0.29) is 12.0 Å². The van der Waals surface area contributed by atoms with Gasteiger partial charge in [-0.25, -0.2) is 4.79 Å². The van der Waals surface area contributed by atoms with Gasteiger partial charge in [0.2, 0.25) is 5.89 Å². The highest BCUT2D eigenvalue weighted by Crippen LogP contribution is 2.26. The highest BCUT2D eigenvalue weighted by Gasteiger charge is 2.22. The van der Waals surface area contributed by atoms with Crippen molar-refractivity contribution in [3.63, 3.8) is 0 Å². The lowest BCUT2D eigenvalue weighted by Crippen LogP contribution is -2.38. The Hall–Kier alpha value is -3.35. The second-order valence-electron chi connectivity index (χ2n) is 7.52. The van der Waals surface area contributed by atoms with Crippen molar-refractivity contribution in [3.05, 3.63) is 59.7 Å². The molecule has 3 heterocycles. The van der Waals surface area contributed by atoms with Crippen LogP contribution in [-0.2, 0) is 13.0 Å². The van der Waals surface area contributed by atoms with Crippen molar-refractivity contribution >= 4 is 17.7 Å². The molecule has 0 spiro atoms. The Balaban J connectivity index is 1.24. The molecule has 7 heteroatoms. The van der Waals surface area contributed by atoms with E-state index in [1.807, 2.05) is 24.3 Å². The van der Waals surface area contributed by atoms with Gasteiger partial charge < -0.3 is 14.2 Å². The second kappa shape index (κ2) is 7.58. The van der Waals surface area contributed by atoms with Crippen molar-refractivity contribution in [3.8, 4) is 11.5 Å². The Bertz CT molecular complexity index is 1010. The summed E-state index contributed by atoms with van der Waals surface area (Å²) in [6.07, 6.45) is 3.34. The van der Waals surface area contributed by atoms with E-state index in [2.05, 4.69) is 44.7 Å². The van der Waals surface area contributed by atoms with Crippen molar-refractivity contribution in [2.24, 2.45) is 0 Å². The van der Waals surface area contributed by atoms with Crippen LogP contribution in [0.15, 0.2) is 52.9 Å². The fourth-order valence-electron chi connectivity index (χ4n) is 4.02. The van der Waals surface area contributed by atoms with Crippen LogP contribution in [0.5, 0.6) is 0 Å². The topological polar surface area (TPSA) is 74.5 Å². The van der Waals surface area contributed by atoms with Crippen LogP contribution in [0.2, 0.25) is 0 Å². The molecule has 0 bridgehead atoms. The van der Waals surface area contributed by atoms with Crippen molar-refractivity contribution in [1.82, 2.24) is 15.1 Å². The Morgan fingerprint density at radius 1 is 0.931 bits per heavy atom. The minimum Gasteiger partial charge on any atom is -0.403 e. The van der Waals surface area contributed by atoms with Crippen LogP contribution in [-0.4, -0.2) is 40.8 Å². The van der Waals surface area contributed by atoms with Gasteiger partial charge >= 0.3 is 12.0 Å². The smallest absolute Gasteiger partial charge is 0.325 e. The number of hydrogen-bond acceptors (Lipinski definition) is 5. The van der Waals surface area contributed by atoms with E-state index in [9.17, 15) is 4.79 Å². The summed E-state index contributed by atoms with van der Waals surface area (Å²) in [7, 11) is 0. The van der Waals surface area contributed by atoms with E-state index in [1.165, 1.54) is 29.7 Å². The van der Waals surface area contributed by atoms with Gasteiger partial charge in [-0.1, -0.05) is 29.4 Å². The number of hydrogen-bond donors (Lipinski definition) is 1. The second-order valence-corrected chi connectivity index (χ2v) is 7.52. The molecular formula is C22H23N5O2. The number of amides is 2. The van der Waals surface area contributed by atoms with Crippen molar-refractivity contribution in [1.29, 1.82) is 0 Å². The Morgan fingerprint density at radius 3 is 2.48 bits per heavy atom. The first-order valence-electron chi connectivity index (χ1n) is 10.1. The third-order valence-corrected chi connectivity index (χ3v) is 5.64. The van der Waals surface area contributed by atoms with Gasteiger partial charge in [-0.05, 0) is 54.7 Å². The summed E-state index contributed by atoms with van der Waals surface area (Å²) in [5.74, 6) is 0.400. The van der Waals surface area contributed by atoms with Crippen molar-refractivity contribution < 1.29 is 9.21 Å². The summed E-state index contributed by atoms with van der Waals surface area (Å²) in [5, 5.41) is 10.8. The number of fused-ring (bicyclic) bond motifs is 1. The number of nitrogens with one attached hydrogen (secondary N) is 1. The van der Waals surface area contributed by atoms with E-state index in [0.29, 0.717) is 19.0 Å². The summed E-state index contributed by atoms with van der Waals surface area (Å²) in [6, 6.07) is 16.2. The number of aromatic nitrogens is 2. The fraction of sp³-hybridized carbons (Fsp3) is 0.318. The molecule has 2 aliphatic rings. The Kier molecular flexibility index (Phi) is 4.63. The molecule has 2 amide bonds. The maximum atomic E-state index is 12.6. The third-order valence-electron chi connectivity index (χ3n) is 5.64. The lowest BCUT2D eigenvalue weighted by atomic mass is 10.0. The first kappa shape index (κ1) is 17.7. The van der Waals surface area contributed by atoms with Gasteiger partial charge in [-0.3, -0.25) is 5.32 Å². The number of carbonyl (C=O) groups excluding carboxylic acids is 1. The first-order valence-corrected chi connectivity index (χ1v) is 10.1. The van der Waals surface area contributed by atoms with Gasteiger partial charge in [0.25, 0.3) is 0 Å². The Morgan fingerprint density at radius 2 is 1.69 bits per heavy atom. The summed E-state index contributed by atoms with van der Waals surface area (Å²) in [4.78, 5) is 16.7. The molecule has 2 aliphatic heterocycles. The van der Waals surface area contributed by atoms with Crippen LogP contribution < -0.4 is 10.2 Å². The average Bonchev–Trinajstić information content (AvgIpc) is 3.46. The molecule has 5 rings (SSSR count). The predicted octanol–water partition coefficient (Wildman–Crippen LogP) is 3.93. The van der Waals surface area contributed by atoms with Gasteiger partial charge in [0.15, 0.2) is 0 Å².